The smallest absolute Gasteiger partial charge is 0.332 e. The topological polar surface area (TPSA) is 85.5 Å². The van der Waals surface area contributed by atoms with E-state index in [9.17, 15) is 14.4 Å². The number of rotatable bonds is 6. The van der Waals surface area contributed by atoms with Crippen LogP contribution in [-0.2, 0) is 23.2 Å². The van der Waals surface area contributed by atoms with Gasteiger partial charge in [-0.3, -0.25) is 9.59 Å². The van der Waals surface area contributed by atoms with Crippen molar-refractivity contribution in [2.24, 2.45) is 0 Å². The number of anilines is 1. The van der Waals surface area contributed by atoms with Gasteiger partial charge in [-0.1, -0.05) is 54.6 Å². The van der Waals surface area contributed by atoms with Crippen molar-refractivity contribution in [3.8, 4) is 0 Å². The van der Waals surface area contributed by atoms with Gasteiger partial charge in [0.15, 0.2) is 5.54 Å². The molecule has 2 N–H and O–H groups in total. The second kappa shape index (κ2) is 8.92. The second-order valence-electron chi connectivity index (χ2n) is 9.82. The van der Waals surface area contributed by atoms with Crippen LogP contribution in [0.4, 0.5) is 10.5 Å². The van der Waals surface area contributed by atoms with Crippen LogP contribution in [0.5, 0.6) is 0 Å². The minimum atomic E-state index is -1.13. The third-order valence-electron chi connectivity index (χ3n) is 7.60. The van der Waals surface area contributed by atoms with Gasteiger partial charge in [0.25, 0.3) is 11.8 Å². The molecule has 0 bridgehead atoms. The Morgan fingerprint density at radius 1 is 1.00 bits per heavy atom. The SMILES string of the molecule is CC12C(=O)N(c3cccc(C(=O)NCCCc4ccccc4)c3)C(=O)N1CCc1c2[nH]c2ccccc12. The number of benzene rings is 3. The van der Waals surface area contributed by atoms with Crippen LogP contribution in [0.2, 0.25) is 0 Å². The minimum Gasteiger partial charge on any atom is -0.356 e. The summed E-state index contributed by atoms with van der Waals surface area (Å²) < 4.78 is 0. The standard InChI is InChI=1S/C30H28N4O3/c1-30-26-24(23-14-5-6-15-25(23)32-26)16-18-33(30)29(37)34(28(30)36)22-13-7-12-21(19-22)27(35)31-17-8-11-20-9-3-2-4-10-20/h2-7,9-10,12-15,19,32H,8,11,16-18H2,1H3,(H,31,35). The molecule has 1 fully saturated rings. The molecule has 6 rings (SSSR count). The van der Waals surface area contributed by atoms with Crippen molar-refractivity contribution in [2.75, 3.05) is 18.0 Å². The monoisotopic (exact) mass is 492 g/mol. The number of nitrogens with zero attached hydrogens (tertiary/aromatic N) is 2. The van der Waals surface area contributed by atoms with Crippen molar-refractivity contribution in [2.45, 2.75) is 31.7 Å². The number of aromatic amines is 1. The molecule has 3 aromatic carbocycles. The predicted octanol–water partition coefficient (Wildman–Crippen LogP) is 4.77. The number of fused-ring (bicyclic) bond motifs is 5. The van der Waals surface area contributed by atoms with Crippen LogP contribution in [-0.4, -0.2) is 40.8 Å². The summed E-state index contributed by atoms with van der Waals surface area (Å²) in [5, 5.41) is 4.04. The molecule has 37 heavy (non-hydrogen) atoms. The van der Waals surface area contributed by atoms with E-state index in [0.717, 1.165) is 35.0 Å². The number of para-hydroxylation sites is 1. The highest BCUT2D eigenvalue weighted by atomic mass is 16.2. The Balaban J connectivity index is 1.22. The zero-order valence-corrected chi connectivity index (χ0v) is 20.7. The van der Waals surface area contributed by atoms with Crippen LogP contribution >= 0.6 is 0 Å². The van der Waals surface area contributed by atoms with Gasteiger partial charge >= 0.3 is 6.03 Å². The molecular formula is C30H28N4O3. The zero-order chi connectivity index (χ0) is 25.6. The van der Waals surface area contributed by atoms with Crippen LogP contribution in [0.1, 0.15) is 40.5 Å². The van der Waals surface area contributed by atoms with Gasteiger partial charge in [-0.25, -0.2) is 9.69 Å². The molecule has 4 amide bonds. The quantitative estimate of drug-likeness (QED) is 0.300. The summed E-state index contributed by atoms with van der Waals surface area (Å²) in [6.45, 7) is 2.80. The Morgan fingerprint density at radius 2 is 1.78 bits per heavy atom. The van der Waals surface area contributed by atoms with Crippen molar-refractivity contribution >= 4 is 34.4 Å². The number of hydrogen-bond donors (Lipinski definition) is 2. The lowest BCUT2D eigenvalue weighted by atomic mass is 9.87. The molecule has 2 aliphatic rings. The number of carbonyl (C=O) groups is 3. The third kappa shape index (κ3) is 3.69. The first kappa shape index (κ1) is 23.0. The fourth-order valence-electron chi connectivity index (χ4n) is 5.65. The van der Waals surface area contributed by atoms with Crippen LogP contribution < -0.4 is 10.2 Å². The van der Waals surface area contributed by atoms with Crippen molar-refractivity contribution in [1.29, 1.82) is 0 Å². The summed E-state index contributed by atoms with van der Waals surface area (Å²) in [6.07, 6.45) is 2.37. The van der Waals surface area contributed by atoms with Crippen LogP contribution in [0.15, 0.2) is 78.9 Å². The Labute approximate surface area is 215 Å². The van der Waals surface area contributed by atoms with Crippen molar-refractivity contribution < 1.29 is 14.4 Å². The molecule has 186 valence electrons. The van der Waals surface area contributed by atoms with Gasteiger partial charge in [-0.05, 0) is 61.6 Å². The molecule has 2 aliphatic heterocycles. The van der Waals surface area contributed by atoms with E-state index in [1.165, 1.54) is 10.5 Å². The van der Waals surface area contributed by atoms with E-state index in [-0.39, 0.29) is 17.8 Å². The Morgan fingerprint density at radius 3 is 2.62 bits per heavy atom. The fraction of sp³-hybridized carbons (Fsp3) is 0.233. The highest BCUT2D eigenvalue weighted by Gasteiger charge is 2.59. The number of aromatic nitrogens is 1. The molecule has 3 heterocycles. The Bertz CT molecular complexity index is 1530. The largest absolute Gasteiger partial charge is 0.356 e. The van der Waals surface area contributed by atoms with Crippen molar-refractivity contribution in [3.05, 3.63) is 101 Å². The average molecular weight is 493 g/mol. The van der Waals surface area contributed by atoms with E-state index in [1.807, 2.05) is 49.4 Å². The van der Waals surface area contributed by atoms with Gasteiger partial charge in [0.05, 0.1) is 11.4 Å². The summed E-state index contributed by atoms with van der Waals surface area (Å²) in [7, 11) is 0. The highest BCUT2D eigenvalue weighted by Crippen LogP contribution is 2.45. The van der Waals surface area contributed by atoms with E-state index in [4.69, 9.17) is 0 Å². The summed E-state index contributed by atoms with van der Waals surface area (Å²) >= 11 is 0. The summed E-state index contributed by atoms with van der Waals surface area (Å²) in [4.78, 5) is 46.5. The highest BCUT2D eigenvalue weighted by molar-refractivity contribution is 6.24. The second-order valence-corrected chi connectivity index (χ2v) is 9.82. The number of carbonyl (C=O) groups excluding carboxylic acids is 3. The first-order valence-electron chi connectivity index (χ1n) is 12.7. The summed E-state index contributed by atoms with van der Waals surface area (Å²) in [5.41, 5.74) is 3.74. The molecule has 1 aromatic heterocycles. The van der Waals surface area contributed by atoms with Crippen LogP contribution in [0.25, 0.3) is 10.9 Å². The predicted molar refractivity (Wildman–Crippen MR) is 142 cm³/mol. The van der Waals surface area contributed by atoms with Gasteiger partial charge in [0, 0.05) is 29.6 Å². The van der Waals surface area contributed by atoms with E-state index >= 15 is 0 Å². The number of nitrogens with one attached hydrogen (secondary N) is 2. The number of urea groups is 1. The molecule has 1 saturated heterocycles. The lowest BCUT2D eigenvalue weighted by molar-refractivity contribution is -0.125. The molecule has 1 atom stereocenters. The van der Waals surface area contributed by atoms with Crippen molar-refractivity contribution in [1.82, 2.24) is 15.2 Å². The van der Waals surface area contributed by atoms with Crippen molar-refractivity contribution in [3.63, 3.8) is 0 Å². The molecular weight excluding hydrogens is 464 g/mol. The zero-order valence-electron chi connectivity index (χ0n) is 20.7. The van der Waals surface area contributed by atoms with Crippen LogP contribution in [0.3, 0.4) is 0 Å². The van der Waals surface area contributed by atoms with Gasteiger partial charge in [0.1, 0.15) is 0 Å². The van der Waals surface area contributed by atoms with Gasteiger partial charge in [-0.15, -0.1) is 0 Å². The lowest BCUT2D eigenvalue weighted by Gasteiger charge is -2.35. The first-order chi connectivity index (χ1) is 18.0. The number of hydrogen-bond acceptors (Lipinski definition) is 3. The third-order valence-corrected chi connectivity index (χ3v) is 7.60. The average Bonchev–Trinajstić information content (AvgIpc) is 3.40. The normalized spacial score (nSPS) is 18.7. The maximum absolute atomic E-state index is 13.9. The number of imide groups is 1. The van der Waals surface area contributed by atoms with E-state index in [0.29, 0.717) is 30.8 Å². The number of H-pyrrole nitrogens is 1. The summed E-state index contributed by atoms with van der Waals surface area (Å²) in [6, 6.07) is 24.5. The van der Waals surface area contributed by atoms with E-state index < -0.39 is 5.54 Å². The molecule has 0 radical (unpaired) electrons. The molecule has 7 heteroatoms. The minimum absolute atomic E-state index is 0.226. The maximum atomic E-state index is 13.9. The van der Waals surface area contributed by atoms with Gasteiger partial charge in [0.2, 0.25) is 0 Å². The number of amides is 4. The molecule has 1 unspecified atom stereocenters. The molecule has 7 nitrogen and oxygen atoms in total. The fourth-order valence-corrected chi connectivity index (χ4v) is 5.65. The molecule has 4 aromatic rings. The summed E-state index contributed by atoms with van der Waals surface area (Å²) in [5.74, 6) is -0.540. The number of aryl methyl sites for hydroxylation is 1. The molecule has 0 aliphatic carbocycles. The first-order valence-corrected chi connectivity index (χ1v) is 12.7. The Kier molecular flexibility index (Phi) is 5.56. The van der Waals surface area contributed by atoms with E-state index in [2.05, 4.69) is 22.4 Å². The van der Waals surface area contributed by atoms with Gasteiger partial charge in [-0.2, -0.15) is 0 Å². The van der Waals surface area contributed by atoms with Crippen LogP contribution in [0, 0.1) is 0 Å². The maximum Gasteiger partial charge on any atom is 0.332 e. The molecule has 0 saturated carbocycles. The Hall–Kier alpha value is -4.39. The lowest BCUT2D eigenvalue weighted by Crippen LogP contribution is -2.49. The molecule has 0 spiro atoms. The van der Waals surface area contributed by atoms with Gasteiger partial charge < -0.3 is 15.2 Å². The van der Waals surface area contributed by atoms with E-state index in [1.54, 1.807) is 29.2 Å².